The van der Waals surface area contributed by atoms with E-state index in [0.29, 0.717) is 0 Å². The predicted molar refractivity (Wildman–Crippen MR) is 132 cm³/mol. The summed E-state index contributed by atoms with van der Waals surface area (Å²) in [5, 5.41) is 4.55. The van der Waals surface area contributed by atoms with Crippen molar-refractivity contribution in [2.75, 3.05) is 0 Å². The Bertz CT molecular complexity index is 1250. The summed E-state index contributed by atoms with van der Waals surface area (Å²) in [7, 11) is 0. The predicted octanol–water partition coefficient (Wildman–Crippen LogP) is -5.63. The summed E-state index contributed by atoms with van der Waals surface area (Å²) in [5.41, 5.74) is 3.91. The molecule has 6 aromatic rings. The van der Waals surface area contributed by atoms with Gasteiger partial charge in [-0.05, 0) is 24.3 Å². The van der Waals surface area contributed by atoms with Gasteiger partial charge in [-0.25, -0.2) is 0 Å². The van der Waals surface area contributed by atoms with E-state index >= 15 is 0 Å². The zero-order valence-electron chi connectivity index (χ0n) is 19.3. The van der Waals surface area contributed by atoms with Crippen LogP contribution in [0.4, 0.5) is 0 Å². The Labute approximate surface area is 256 Å². The molecule has 0 aliphatic carbocycles. The van der Waals surface area contributed by atoms with Gasteiger partial charge in [0.15, 0.2) is 0 Å². The van der Waals surface area contributed by atoms with Gasteiger partial charge in [-0.2, -0.15) is 0 Å². The van der Waals surface area contributed by atoms with Crippen LogP contribution in [0, 0.1) is 0 Å². The summed E-state index contributed by atoms with van der Waals surface area (Å²) >= 11 is 0.230. The van der Waals surface area contributed by atoms with Gasteiger partial charge in [-0.15, -0.1) is 0 Å². The summed E-state index contributed by atoms with van der Waals surface area (Å²) in [4.78, 5) is 22.0. The third kappa shape index (κ3) is 8.84. The largest absolute Gasteiger partial charge is 2.00 e. The Morgan fingerprint density at radius 1 is 0.417 bits per heavy atom. The molecule has 6 rings (SSSR count). The van der Waals surface area contributed by atoms with Crippen molar-refractivity contribution in [1.82, 2.24) is 19.9 Å². The molecule has 4 nitrogen and oxygen atoms in total. The van der Waals surface area contributed by atoms with E-state index < -0.39 is 0 Å². The molecule has 0 bridgehead atoms. The number of benzene rings is 2. The minimum absolute atomic E-state index is 0. The molecule has 4 heterocycles. The topological polar surface area (TPSA) is 51.6 Å². The van der Waals surface area contributed by atoms with Gasteiger partial charge in [-0.3, -0.25) is 19.9 Å². The molecule has 2 aromatic carbocycles. The first kappa shape index (κ1) is 36.7. The quantitative estimate of drug-likeness (QED) is 0.117. The van der Waals surface area contributed by atoms with Crippen molar-refractivity contribution >= 4 is 64.8 Å². The number of nitrogens with zero attached hydrogens (tertiary/aromatic N) is 4. The van der Waals surface area contributed by atoms with E-state index in [1.807, 2.05) is 24.3 Å². The minimum Gasteiger partial charge on any atom is -1.00 e. The van der Waals surface area contributed by atoms with E-state index in [4.69, 9.17) is 0 Å². The molecule has 10 heteroatoms. The second-order valence-electron chi connectivity index (χ2n) is 6.93. The Kier molecular flexibility index (Phi) is 19.1. The zero-order chi connectivity index (χ0) is 21.5. The first-order valence-electron chi connectivity index (χ1n) is 10.1. The number of pyridine rings is 4. The number of hydrogen-bond donors (Lipinski definition) is 0. The maximum absolute atomic E-state index is 4.35. The summed E-state index contributed by atoms with van der Waals surface area (Å²) in [6.07, 6.45) is 7.21. The first-order chi connectivity index (χ1) is 15.3. The van der Waals surface area contributed by atoms with E-state index in [0.717, 1.165) is 43.6 Å². The summed E-state index contributed by atoms with van der Waals surface area (Å²) in [6.45, 7) is 0. The van der Waals surface area contributed by atoms with Crippen molar-refractivity contribution in [2.45, 2.75) is 9.88 Å². The van der Waals surface area contributed by atoms with Crippen LogP contribution in [-0.2, 0) is 17.1 Å². The third-order valence-corrected chi connectivity index (χ3v) is 4.69. The average molecular weight is 715 g/mol. The molecule has 4 aromatic heterocycles. The van der Waals surface area contributed by atoms with Crippen molar-refractivity contribution in [3.8, 4) is 0 Å². The molecule has 36 heavy (non-hydrogen) atoms. The van der Waals surface area contributed by atoms with Crippen LogP contribution >= 0.6 is 0 Å². The van der Waals surface area contributed by atoms with Gasteiger partial charge in [0.25, 0.3) is 0 Å². The molecule has 0 N–H and O–H groups in total. The number of halogens is 4. The summed E-state index contributed by atoms with van der Waals surface area (Å²) in [6, 6.07) is 24.3. The standard InChI is InChI=1S/2C12H8N2.2CH3.4ClH.Cu.Sn/c2*1-3-9-5-6-10-4-2-8-14-12(10)11(9)13-7-1;;;;;;;;/h2*1-8H;2*1H3;4*1H;;/q;;;;;;;;2*+2/p-4. The van der Waals surface area contributed by atoms with Crippen LogP contribution in [-0.4, -0.2) is 41.1 Å². The zero-order valence-corrected chi connectivity index (χ0v) is 26.2. The molecule has 1 radical (unpaired) electrons. The van der Waals surface area contributed by atoms with Gasteiger partial charge >= 0.3 is 48.1 Å². The number of fused-ring (bicyclic) bond motifs is 6. The molecule has 0 saturated carbocycles. The van der Waals surface area contributed by atoms with Crippen molar-refractivity contribution in [3.63, 3.8) is 0 Å². The molecule has 0 amide bonds. The van der Waals surface area contributed by atoms with Crippen LogP contribution in [0.3, 0.4) is 0 Å². The molecular weight excluding hydrogens is 692 g/mol. The third-order valence-electron chi connectivity index (χ3n) is 4.69. The number of rotatable bonds is 0. The van der Waals surface area contributed by atoms with Crippen LogP contribution in [0.25, 0.3) is 43.6 Å². The Morgan fingerprint density at radius 3 is 0.806 bits per heavy atom. The minimum atomic E-state index is 0. The molecule has 0 spiro atoms. The fourth-order valence-corrected chi connectivity index (χ4v) is 3.36. The molecule has 0 unspecified atom stereocenters. The molecule has 0 aliphatic rings. The van der Waals surface area contributed by atoms with E-state index in [1.165, 1.54) is 0 Å². The normalized spacial score (nSPS) is 8.72. The van der Waals surface area contributed by atoms with Gasteiger partial charge in [0.1, 0.15) is 0 Å². The van der Waals surface area contributed by atoms with E-state index in [2.05, 4.69) is 78.3 Å². The van der Waals surface area contributed by atoms with E-state index in [9.17, 15) is 0 Å². The van der Waals surface area contributed by atoms with Gasteiger partial charge < -0.3 is 49.6 Å². The smallest absolute Gasteiger partial charge is 1.00 e. The van der Waals surface area contributed by atoms with E-state index in [1.54, 1.807) is 24.8 Å². The number of hydrogen-bond acceptors (Lipinski definition) is 4. The molecular formula is C26H22Cl4CuN4Sn. The Balaban J connectivity index is 0. The van der Waals surface area contributed by atoms with Crippen molar-refractivity contribution in [2.24, 2.45) is 0 Å². The maximum atomic E-state index is 4.35. The fraction of sp³-hybridized carbons (Fsp3) is 0.0769. The van der Waals surface area contributed by atoms with Crippen molar-refractivity contribution in [3.05, 3.63) is 97.6 Å². The Hall–Kier alpha value is -1.44. The molecule has 0 aliphatic heterocycles. The maximum Gasteiger partial charge on any atom is 2.00 e. The van der Waals surface area contributed by atoms with Gasteiger partial charge in [0.05, 0.1) is 22.1 Å². The average Bonchev–Trinajstić information content (AvgIpc) is 2.85. The second-order valence-corrected chi connectivity index (χ2v) is 9.79. The van der Waals surface area contributed by atoms with Crippen LogP contribution in [0.15, 0.2) is 97.6 Å². The second kappa shape index (κ2) is 18.7. The van der Waals surface area contributed by atoms with Crippen LogP contribution < -0.4 is 49.6 Å². The van der Waals surface area contributed by atoms with Crippen LogP contribution in [0.5, 0.6) is 0 Å². The van der Waals surface area contributed by atoms with Crippen molar-refractivity contribution < 1.29 is 66.7 Å². The van der Waals surface area contributed by atoms with Gasteiger partial charge in [-0.1, -0.05) is 48.5 Å². The van der Waals surface area contributed by atoms with Gasteiger partial charge in [0.2, 0.25) is 0 Å². The SMILES string of the molecule is [CH3][Sn+2][CH3].[Cl-].[Cl-].[Cl-].[Cl-].[Cu+2].c1cnc2c(c1)ccc1cccnc12.c1cnc2c(c1)ccc1cccnc12. The molecule has 0 saturated heterocycles. The first-order valence-corrected chi connectivity index (χ1v) is 15.8. The summed E-state index contributed by atoms with van der Waals surface area (Å²) in [5.74, 6) is 0. The van der Waals surface area contributed by atoms with Gasteiger partial charge in [0, 0.05) is 46.3 Å². The van der Waals surface area contributed by atoms with E-state index in [-0.39, 0.29) is 87.8 Å². The van der Waals surface area contributed by atoms with Crippen molar-refractivity contribution in [1.29, 1.82) is 0 Å². The molecule has 0 fully saturated rings. The van der Waals surface area contributed by atoms with Crippen LogP contribution in [0.2, 0.25) is 9.88 Å². The Morgan fingerprint density at radius 2 is 0.611 bits per heavy atom. The monoisotopic (exact) mass is 713 g/mol. The molecule has 0 atom stereocenters. The summed E-state index contributed by atoms with van der Waals surface area (Å²) < 4.78 is 0. The fourth-order valence-electron chi connectivity index (χ4n) is 3.36. The number of aromatic nitrogens is 4. The molecule has 189 valence electrons. The van der Waals surface area contributed by atoms with Crippen LogP contribution in [0.1, 0.15) is 0 Å².